The van der Waals surface area contributed by atoms with E-state index in [2.05, 4.69) is 41.1 Å². The molecule has 8 nitrogen and oxygen atoms in total. The zero-order valence-electron chi connectivity index (χ0n) is 21.9. The molecule has 0 fully saturated rings. The second-order valence-electron chi connectivity index (χ2n) is 9.71. The van der Waals surface area contributed by atoms with Crippen LogP contribution in [-0.2, 0) is 11.0 Å². The number of nitrogens with zero attached hydrogens (tertiary/aromatic N) is 1. The lowest BCUT2D eigenvalue weighted by atomic mass is 9.81. The zero-order valence-corrected chi connectivity index (χ0v) is 24.3. The summed E-state index contributed by atoms with van der Waals surface area (Å²) in [6.07, 6.45) is 7.42. The van der Waals surface area contributed by atoms with E-state index in [4.69, 9.17) is 11.6 Å². The average molecular weight is 585 g/mol. The molecular formula is C28H29ClN4O4S2. The van der Waals surface area contributed by atoms with Crippen LogP contribution >= 0.6 is 22.9 Å². The van der Waals surface area contributed by atoms with Gasteiger partial charge in [-0.1, -0.05) is 44.5 Å². The highest BCUT2D eigenvalue weighted by Crippen LogP contribution is 2.36. The molecule has 204 valence electrons. The van der Waals surface area contributed by atoms with Gasteiger partial charge in [0.25, 0.3) is 11.8 Å². The van der Waals surface area contributed by atoms with E-state index in [0.29, 0.717) is 32.7 Å². The Labute approximate surface area is 238 Å². The first kappa shape index (κ1) is 28.5. The highest BCUT2D eigenvalue weighted by atomic mass is 35.5. The first-order chi connectivity index (χ1) is 18.5. The highest BCUT2D eigenvalue weighted by Gasteiger charge is 2.25. The fraction of sp³-hybridized carbons (Fsp3) is 0.250. The Kier molecular flexibility index (Phi) is 8.58. The Morgan fingerprint density at radius 3 is 2.59 bits per heavy atom. The lowest BCUT2D eigenvalue weighted by Crippen LogP contribution is -2.23. The maximum absolute atomic E-state index is 13.3. The summed E-state index contributed by atoms with van der Waals surface area (Å²) < 4.78 is 15.4. The summed E-state index contributed by atoms with van der Waals surface area (Å²) in [7, 11) is -1.38. The first-order valence-electron chi connectivity index (χ1n) is 12.2. The average Bonchev–Trinajstić information content (AvgIpc) is 3.27. The highest BCUT2D eigenvalue weighted by molar-refractivity contribution is 7.82. The lowest BCUT2D eigenvalue weighted by molar-refractivity contribution is 0.0967. The zero-order chi connectivity index (χ0) is 28.3. The van der Waals surface area contributed by atoms with Crippen molar-refractivity contribution >= 4 is 61.5 Å². The van der Waals surface area contributed by atoms with E-state index < -0.39 is 11.0 Å². The largest absolute Gasteiger partial charge is 0.510 e. The molecule has 1 aromatic carbocycles. The third kappa shape index (κ3) is 6.76. The van der Waals surface area contributed by atoms with E-state index in [1.807, 2.05) is 12.1 Å². The molecule has 1 aliphatic carbocycles. The Hall–Kier alpha value is -3.47. The minimum atomic E-state index is -1.38. The van der Waals surface area contributed by atoms with Gasteiger partial charge in [0.05, 0.1) is 26.5 Å². The van der Waals surface area contributed by atoms with E-state index >= 15 is 0 Å². The topological polar surface area (TPSA) is 120 Å². The van der Waals surface area contributed by atoms with Gasteiger partial charge in [-0.05, 0) is 59.2 Å². The number of halogens is 1. The van der Waals surface area contributed by atoms with Gasteiger partial charge >= 0.3 is 0 Å². The van der Waals surface area contributed by atoms with Crippen molar-refractivity contribution in [2.24, 2.45) is 5.41 Å². The SMILES string of the molecule is CCC(C)(C)C1=CC(NS(C)=O)=C(O)CC(NC(=O)c2cc3cccc(NC(=O)c4ccc(Cl)nc4)c3s2)=C1. The summed E-state index contributed by atoms with van der Waals surface area (Å²) in [5, 5.41) is 17.7. The maximum Gasteiger partial charge on any atom is 0.265 e. The summed E-state index contributed by atoms with van der Waals surface area (Å²) in [6, 6.07) is 10.3. The Balaban J connectivity index is 1.60. The van der Waals surface area contributed by atoms with Crippen molar-refractivity contribution in [3.63, 3.8) is 0 Å². The van der Waals surface area contributed by atoms with Crippen LogP contribution in [0.3, 0.4) is 0 Å². The van der Waals surface area contributed by atoms with Gasteiger partial charge in [0, 0.05) is 24.6 Å². The van der Waals surface area contributed by atoms with Crippen LogP contribution < -0.4 is 15.4 Å². The number of thiophene rings is 1. The molecule has 2 heterocycles. The fourth-order valence-electron chi connectivity index (χ4n) is 3.90. The molecule has 0 saturated carbocycles. The van der Waals surface area contributed by atoms with Crippen LogP contribution in [0.1, 0.15) is 53.6 Å². The van der Waals surface area contributed by atoms with E-state index in [-0.39, 0.29) is 29.4 Å². The van der Waals surface area contributed by atoms with Crippen LogP contribution in [0.2, 0.25) is 5.15 Å². The van der Waals surface area contributed by atoms with Gasteiger partial charge < -0.3 is 20.5 Å². The molecule has 4 N–H and O–H groups in total. The number of carbonyl (C=O) groups is 2. The van der Waals surface area contributed by atoms with Gasteiger partial charge in [0.2, 0.25) is 0 Å². The number of carbonyl (C=O) groups excluding carboxylic acids is 2. The van der Waals surface area contributed by atoms with Gasteiger partial charge in [0.1, 0.15) is 21.9 Å². The summed E-state index contributed by atoms with van der Waals surface area (Å²) >= 11 is 7.07. The predicted octanol–water partition coefficient (Wildman–Crippen LogP) is 6.23. The number of hydrogen-bond acceptors (Lipinski definition) is 6. The van der Waals surface area contributed by atoms with Crippen LogP contribution in [0.25, 0.3) is 10.1 Å². The predicted molar refractivity (Wildman–Crippen MR) is 158 cm³/mol. The molecule has 0 bridgehead atoms. The van der Waals surface area contributed by atoms with E-state index in [1.54, 1.807) is 36.4 Å². The second kappa shape index (κ2) is 11.7. The molecule has 0 spiro atoms. The van der Waals surface area contributed by atoms with Crippen LogP contribution in [0.15, 0.2) is 77.5 Å². The molecule has 4 rings (SSSR count). The molecule has 2 aromatic heterocycles. The van der Waals surface area contributed by atoms with E-state index in [1.165, 1.54) is 23.8 Å². The number of aliphatic hydroxyl groups is 1. The van der Waals surface area contributed by atoms with E-state index in [9.17, 15) is 18.9 Å². The number of nitrogens with one attached hydrogen (secondary N) is 3. The van der Waals surface area contributed by atoms with E-state index in [0.717, 1.165) is 22.1 Å². The number of aliphatic hydroxyl groups excluding tert-OH is 1. The smallest absolute Gasteiger partial charge is 0.265 e. The number of allylic oxidation sites excluding steroid dienone is 3. The number of benzene rings is 1. The lowest BCUT2D eigenvalue weighted by Gasteiger charge is -2.25. The standard InChI is InChI=1S/C28H29ClN4O4S2/c1-5-28(2,3)18-12-19(14-22(34)21(13-18)33-39(4)37)31-27(36)23-11-16-7-6-8-20(25(16)38-23)32-26(35)17-9-10-24(29)30-15-17/h6-13,15,33-34H,5,14H2,1-4H3,(H,31,36)(H,32,35). The molecule has 39 heavy (non-hydrogen) atoms. The van der Waals surface area contributed by atoms with Gasteiger partial charge in [-0.25, -0.2) is 9.19 Å². The molecule has 3 aromatic rings. The molecule has 0 radical (unpaired) electrons. The normalized spacial score (nSPS) is 14.8. The van der Waals surface area contributed by atoms with Crippen molar-refractivity contribution < 1.29 is 18.9 Å². The Morgan fingerprint density at radius 1 is 1.15 bits per heavy atom. The molecule has 11 heteroatoms. The molecule has 1 aliphatic rings. The molecule has 1 atom stereocenters. The van der Waals surface area contributed by atoms with Crippen LogP contribution in [0.4, 0.5) is 5.69 Å². The molecule has 0 saturated heterocycles. The number of aromatic nitrogens is 1. The van der Waals surface area contributed by atoms with Crippen molar-refractivity contribution in [3.8, 4) is 0 Å². The minimum absolute atomic E-state index is 0.0170. The summed E-state index contributed by atoms with van der Waals surface area (Å²) in [5.74, 6) is -0.692. The summed E-state index contributed by atoms with van der Waals surface area (Å²) in [4.78, 5) is 30.5. The number of rotatable bonds is 8. The van der Waals surface area contributed by atoms with Crippen molar-refractivity contribution in [1.82, 2.24) is 15.0 Å². The molecule has 0 aliphatic heterocycles. The quantitative estimate of drug-likeness (QED) is 0.234. The Morgan fingerprint density at radius 2 is 1.92 bits per heavy atom. The van der Waals surface area contributed by atoms with Gasteiger partial charge in [-0.2, -0.15) is 0 Å². The van der Waals surface area contributed by atoms with Crippen LogP contribution in [-0.4, -0.2) is 32.4 Å². The van der Waals surface area contributed by atoms with Crippen molar-refractivity contribution in [2.75, 3.05) is 11.6 Å². The summed E-state index contributed by atoms with van der Waals surface area (Å²) in [5.41, 5.74) is 2.45. The third-order valence-corrected chi connectivity index (χ3v) is 8.41. The first-order valence-corrected chi connectivity index (χ1v) is 14.9. The number of amides is 2. The number of pyridine rings is 1. The number of fused-ring (bicyclic) bond motifs is 1. The molecule has 1 unspecified atom stereocenters. The fourth-order valence-corrected chi connectivity index (χ4v) is 5.52. The van der Waals surface area contributed by atoms with Crippen molar-refractivity contribution in [1.29, 1.82) is 0 Å². The number of hydrogen-bond donors (Lipinski definition) is 4. The maximum atomic E-state index is 13.3. The van der Waals surface area contributed by atoms with Crippen molar-refractivity contribution in [2.45, 2.75) is 33.6 Å². The van der Waals surface area contributed by atoms with Crippen LogP contribution in [0.5, 0.6) is 0 Å². The second-order valence-corrected chi connectivity index (χ2v) is 12.3. The van der Waals surface area contributed by atoms with Gasteiger partial charge in [-0.15, -0.1) is 11.3 Å². The van der Waals surface area contributed by atoms with Gasteiger partial charge in [0.15, 0.2) is 0 Å². The molecule has 2 amide bonds. The van der Waals surface area contributed by atoms with Crippen LogP contribution in [0, 0.1) is 5.41 Å². The Bertz CT molecular complexity index is 1560. The van der Waals surface area contributed by atoms with Crippen molar-refractivity contribution in [3.05, 3.63) is 93.1 Å². The third-order valence-electron chi connectivity index (χ3n) is 6.50. The van der Waals surface area contributed by atoms with Gasteiger partial charge in [-0.3, -0.25) is 9.59 Å². The number of anilines is 1. The summed E-state index contributed by atoms with van der Waals surface area (Å²) in [6.45, 7) is 6.20. The minimum Gasteiger partial charge on any atom is -0.510 e. The molecular weight excluding hydrogens is 556 g/mol. The monoisotopic (exact) mass is 584 g/mol.